The van der Waals surface area contributed by atoms with Gasteiger partial charge in [-0.3, -0.25) is 0 Å². The van der Waals surface area contributed by atoms with E-state index in [-0.39, 0.29) is 5.69 Å². The number of aromatic nitrogens is 4. The second-order valence-electron chi connectivity index (χ2n) is 8.14. The maximum absolute atomic E-state index is 12.8. The van der Waals surface area contributed by atoms with Crippen molar-refractivity contribution < 1.29 is 9.47 Å². The summed E-state index contributed by atoms with van der Waals surface area (Å²) in [6.07, 6.45) is 2.90. The van der Waals surface area contributed by atoms with E-state index in [9.17, 15) is 4.79 Å². The van der Waals surface area contributed by atoms with E-state index >= 15 is 0 Å². The molecule has 1 N–H and O–H groups in total. The van der Waals surface area contributed by atoms with Crippen LogP contribution in [0.25, 0.3) is 28.0 Å². The Kier molecular flexibility index (Phi) is 5.91. The number of aryl methyl sites for hydroxylation is 1. The fourth-order valence-corrected chi connectivity index (χ4v) is 3.98. The average Bonchev–Trinajstić information content (AvgIpc) is 3.44. The largest absolute Gasteiger partial charge is 0.493 e. The van der Waals surface area contributed by atoms with E-state index < -0.39 is 0 Å². The van der Waals surface area contributed by atoms with Crippen LogP contribution < -0.4 is 15.2 Å². The maximum Gasteiger partial charge on any atom is 0.348 e. The van der Waals surface area contributed by atoms with Gasteiger partial charge < -0.3 is 14.0 Å². The summed E-state index contributed by atoms with van der Waals surface area (Å²) >= 11 is 0. The first kappa shape index (κ1) is 21.6. The first-order chi connectivity index (χ1) is 16.6. The van der Waals surface area contributed by atoms with Gasteiger partial charge in [0.15, 0.2) is 5.82 Å². The molecule has 2 heterocycles. The summed E-state index contributed by atoms with van der Waals surface area (Å²) < 4.78 is 15.7. The number of aromatic amines is 1. The van der Waals surface area contributed by atoms with Gasteiger partial charge in [0.05, 0.1) is 17.9 Å². The molecule has 172 valence electrons. The van der Waals surface area contributed by atoms with Crippen molar-refractivity contribution in [1.82, 2.24) is 19.3 Å². The fourth-order valence-electron chi connectivity index (χ4n) is 3.98. The molecule has 0 fully saturated rings. The molecule has 0 aliphatic heterocycles. The van der Waals surface area contributed by atoms with E-state index in [4.69, 9.17) is 9.47 Å². The van der Waals surface area contributed by atoms with Crippen LogP contribution >= 0.6 is 0 Å². The molecule has 5 rings (SSSR count). The first-order valence-electron chi connectivity index (χ1n) is 11.3. The van der Waals surface area contributed by atoms with Crippen molar-refractivity contribution in [3.8, 4) is 28.6 Å². The number of ether oxygens (including phenoxy) is 2. The molecular formula is C27H26N4O3. The number of nitrogens with zero attached hydrogens (tertiary/aromatic N) is 3. The minimum atomic E-state index is -0.314. The van der Waals surface area contributed by atoms with E-state index in [0.29, 0.717) is 36.1 Å². The Morgan fingerprint density at radius 1 is 0.971 bits per heavy atom. The lowest BCUT2D eigenvalue weighted by atomic mass is 10.1. The summed E-state index contributed by atoms with van der Waals surface area (Å²) in [6, 6.07) is 23.5. The monoisotopic (exact) mass is 454 g/mol. The van der Waals surface area contributed by atoms with Gasteiger partial charge in [-0.05, 0) is 48.4 Å². The molecule has 0 saturated carbocycles. The molecule has 5 aromatic rings. The van der Waals surface area contributed by atoms with Gasteiger partial charge >= 0.3 is 5.69 Å². The van der Waals surface area contributed by atoms with Gasteiger partial charge in [-0.15, -0.1) is 0 Å². The number of benzene rings is 3. The van der Waals surface area contributed by atoms with Crippen LogP contribution in [0.5, 0.6) is 11.5 Å². The highest BCUT2D eigenvalue weighted by molar-refractivity contribution is 5.82. The van der Waals surface area contributed by atoms with Gasteiger partial charge in [-0.2, -0.15) is 5.10 Å². The van der Waals surface area contributed by atoms with Crippen molar-refractivity contribution in [1.29, 1.82) is 0 Å². The minimum Gasteiger partial charge on any atom is -0.493 e. The molecule has 0 unspecified atom stereocenters. The van der Waals surface area contributed by atoms with Crippen LogP contribution in [0.4, 0.5) is 0 Å². The van der Waals surface area contributed by atoms with Crippen LogP contribution in [0.1, 0.15) is 18.9 Å². The Morgan fingerprint density at radius 2 is 1.82 bits per heavy atom. The second-order valence-corrected chi connectivity index (χ2v) is 8.14. The smallest absolute Gasteiger partial charge is 0.348 e. The first-order valence-corrected chi connectivity index (χ1v) is 11.3. The van der Waals surface area contributed by atoms with Gasteiger partial charge in [0.1, 0.15) is 18.1 Å². The van der Waals surface area contributed by atoms with E-state index in [1.165, 1.54) is 0 Å². The second kappa shape index (κ2) is 9.31. The number of fused-ring (bicyclic) bond motifs is 1. The molecule has 0 atom stereocenters. The summed E-state index contributed by atoms with van der Waals surface area (Å²) in [5.41, 5.74) is 3.25. The molecule has 0 radical (unpaired) electrons. The number of nitrogens with one attached hydrogen (secondary N) is 1. The molecule has 7 heteroatoms. The van der Waals surface area contributed by atoms with Crippen LogP contribution in [0, 0.1) is 0 Å². The van der Waals surface area contributed by atoms with Gasteiger partial charge in [0.2, 0.25) is 0 Å². The van der Waals surface area contributed by atoms with Crippen LogP contribution in [0.3, 0.4) is 0 Å². The zero-order valence-electron chi connectivity index (χ0n) is 19.2. The predicted molar refractivity (Wildman–Crippen MR) is 133 cm³/mol. The third kappa shape index (κ3) is 4.20. The van der Waals surface area contributed by atoms with Crippen molar-refractivity contribution in [3.05, 3.63) is 95.0 Å². The SMILES string of the molecule is CCCOc1ccc(-c2n[nH]c(=O)n2-c2ccc3c(ccn3C)c2)c(OCc2ccccc2)c1. The van der Waals surface area contributed by atoms with Crippen molar-refractivity contribution in [2.75, 3.05) is 6.61 Å². The van der Waals surface area contributed by atoms with E-state index in [0.717, 1.165) is 28.6 Å². The van der Waals surface area contributed by atoms with Gasteiger partial charge in [-0.25, -0.2) is 14.5 Å². The Labute approximate surface area is 197 Å². The minimum absolute atomic E-state index is 0.314. The summed E-state index contributed by atoms with van der Waals surface area (Å²) in [6.45, 7) is 3.06. The third-order valence-electron chi connectivity index (χ3n) is 5.70. The topological polar surface area (TPSA) is 74.1 Å². The van der Waals surface area contributed by atoms with E-state index in [2.05, 4.69) is 17.1 Å². The standard InChI is InChI=1S/C27H26N4O3/c1-3-15-33-22-10-11-23(25(17-22)34-18-19-7-5-4-6-8-19)26-28-29-27(32)31(26)21-9-12-24-20(16-21)13-14-30(24)2/h4-14,16-17H,3,15,18H2,1-2H3,(H,29,32). The van der Waals surface area contributed by atoms with Crippen molar-refractivity contribution in [2.45, 2.75) is 20.0 Å². The Bertz CT molecular complexity index is 1480. The van der Waals surface area contributed by atoms with Crippen molar-refractivity contribution in [3.63, 3.8) is 0 Å². The highest BCUT2D eigenvalue weighted by Crippen LogP contribution is 2.34. The average molecular weight is 455 g/mol. The molecule has 3 aromatic carbocycles. The third-order valence-corrected chi connectivity index (χ3v) is 5.70. The number of H-pyrrole nitrogens is 1. The summed E-state index contributed by atoms with van der Waals surface area (Å²) in [5.74, 6) is 1.78. The maximum atomic E-state index is 12.8. The van der Waals surface area contributed by atoms with Crippen molar-refractivity contribution >= 4 is 10.9 Å². The van der Waals surface area contributed by atoms with Gasteiger partial charge in [-0.1, -0.05) is 37.3 Å². The molecule has 0 bridgehead atoms. The summed E-state index contributed by atoms with van der Waals surface area (Å²) in [5, 5.41) is 8.00. The molecule has 0 amide bonds. The predicted octanol–water partition coefficient (Wildman–Crippen LogP) is 5.09. The molecule has 34 heavy (non-hydrogen) atoms. The molecular weight excluding hydrogens is 428 g/mol. The lowest BCUT2D eigenvalue weighted by Gasteiger charge is -2.14. The lowest BCUT2D eigenvalue weighted by Crippen LogP contribution is -2.15. The van der Waals surface area contributed by atoms with Gasteiger partial charge in [0.25, 0.3) is 0 Å². The normalized spacial score (nSPS) is 11.1. The van der Waals surface area contributed by atoms with E-state index in [1.54, 1.807) is 4.57 Å². The number of hydrogen-bond donors (Lipinski definition) is 1. The highest BCUT2D eigenvalue weighted by atomic mass is 16.5. The number of rotatable bonds is 8. The summed E-state index contributed by atoms with van der Waals surface area (Å²) in [7, 11) is 2.00. The highest BCUT2D eigenvalue weighted by Gasteiger charge is 2.18. The lowest BCUT2D eigenvalue weighted by molar-refractivity contribution is 0.295. The molecule has 7 nitrogen and oxygen atoms in total. The summed E-state index contributed by atoms with van der Waals surface area (Å²) in [4.78, 5) is 12.8. The van der Waals surface area contributed by atoms with Crippen LogP contribution in [0.2, 0.25) is 0 Å². The zero-order chi connectivity index (χ0) is 23.5. The van der Waals surface area contributed by atoms with E-state index in [1.807, 2.05) is 90.6 Å². The zero-order valence-corrected chi connectivity index (χ0v) is 19.2. The molecule has 0 aliphatic rings. The molecule has 0 saturated heterocycles. The number of hydrogen-bond acceptors (Lipinski definition) is 4. The van der Waals surface area contributed by atoms with Crippen LogP contribution in [-0.4, -0.2) is 25.9 Å². The molecule has 2 aromatic heterocycles. The Hall–Kier alpha value is -4.26. The molecule has 0 spiro atoms. The van der Waals surface area contributed by atoms with Crippen LogP contribution in [0.15, 0.2) is 83.8 Å². The van der Waals surface area contributed by atoms with Crippen molar-refractivity contribution in [2.24, 2.45) is 7.05 Å². The Morgan fingerprint density at radius 3 is 2.65 bits per heavy atom. The molecule has 0 aliphatic carbocycles. The fraction of sp³-hybridized carbons (Fsp3) is 0.185. The quantitative estimate of drug-likeness (QED) is 0.355. The van der Waals surface area contributed by atoms with Crippen LogP contribution in [-0.2, 0) is 13.7 Å². The van der Waals surface area contributed by atoms with Gasteiger partial charge in [0, 0.05) is 30.2 Å². The Balaban J connectivity index is 1.58.